The van der Waals surface area contributed by atoms with Crippen molar-refractivity contribution >= 4 is 55.0 Å². The Hall–Kier alpha value is -0.0500. The molecule has 0 amide bonds. The minimum Gasteiger partial charge on any atom is -0.330 e. The summed E-state index contributed by atoms with van der Waals surface area (Å²) in [7, 11) is -2.20. The molecule has 1 aromatic carbocycles. The van der Waals surface area contributed by atoms with Gasteiger partial charge in [0.2, 0.25) is 0 Å². The van der Waals surface area contributed by atoms with Gasteiger partial charge in [0.25, 0.3) is 0 Å². The second kappa shape index (κ2) is 7.10. The molecule has 0 atom stereocenters. The zero-order valence-corrected chi connectivity index (χ0v) is 14.1. The van der Waals surface area contributed by atoms with Crippen LogP contribution in [-0.2, 0) is 10.2 Å². The van der Waals surface area contributed by atoms with Crippen LogP contribution in [-0.4, -0.2) is 32.9 Å². The minimum atomic E-state index is -3.67. The fourth-order valence-electron chi connectivity index (χ4n) is 1.26. The first-order chi connectivity index (χ1) is 8.79. The Labute approximate surface area is 131 Å². The summed E-state index contributed by atoms with van der Waals surface area (Å²) in [5, 5.41) is 0.401. The van der Waals surface area contributed by atoms with Gasteiger partial charge < -0.3 is 5.73 Å². The lowest BCUT2D eigenvalue weighted by Crippen LogP contribution is -2.34. The summed E-state index contributed by atoms with van der Waals surface area (Å²) < 4.78 is 28.2. The molecule has 0 radical (unpaired) electrons. The predicted octanol–water partition coefficient (Wildman–Crippen LogP) is 2.69. The van der Waals surface area contributed by atoms with Crippen LogP contribution in [0.5, 0.6) is 0 Å². The van der Waals surface area contributed by atoms with Crippen molar-refractivity contribution < 1.29 is 8.42 Å². The quantitative estimate of drug-likeness (QED) is 0.733. The van der Waals surface area contributed by atoms with E-state index in [1.54, 1.807) is 6.07 Å². The van der Waals surface area contributed by atoms with Crippen LogP contribution in [0.4, 0.5) is 5.69 Å². The summed E-state index contributed by atoms with van der Waals surface area (Å²) in [6.45, 7) is 0.748. The highest BCUT2D eigenvalue weighted by Crippen LogP contribution is 2.36. The zero-order valence-electron chi connectivity index (χ0n) is 10.2. The molecule has 1 aromatic rings. The average molecular weight is 391 g/mol. The number of benzene rings is 1. The van der Waals surface area contributed by atoms with Crippen molar-refractivity contribution in [3.8, 4) is 0 Å². The molecule has 5 nitrogen and oxygen atoms in total. The third-order valence-electron chi connectivity index (χ3n) is 2.36. The Morgan fingerprint density at radius 3 is 2.58 bits per heavy atom. The molecule has 9 heteroatoms. The van der Waals surface area contributed by atoms with Crippen LogP contribution in [0.25, 0.3) is 0 Å². The molecule has 0 heterocycles. The third-order valence-corrected chi connectivity index (χ3v) is 5.61. The van der Waals surface area contributed by atoms with Gasteiger partial charge in [0.15, 0.2) is 0 Å². The van der Waals surface area contributed by atoms with Gasteiger partial charge in [0, 0.05) is 18.1 Å². The zero-order chi connectivity index (χ0) is 14.6. The van der Waals surface area contributed by atoms with Crippen molar-refractivity contribution in [3.05, 3.63) is 26.7 Å². The molecule has 0 aliphatic heterocycles. The van der Waals surface area contributed by atoms with Crippen molar-refractivity contribution in [3.63, 3.8) is 0 Å². The second-order valence-corrected chi connectivity index (χ2v) is 7.18. The first kappa shape index (κ1) is 17.0. The number of rotatable bonds is 6. The molecule has 19 heavy (non-hydrogen) atoms. The Morgan fingerprint density at radius 2 is 2.00 bits per heavy atom. The number of anilines is 1. The fraction of sp³-hybridized carbons (Fsp3) is 0.400. The number of halogens is 3. The van der Waals surface area contributed by atoms with Crippen LogP contribution in [0, 0.1) is 0 Å². The Kier molecular flexibility index (Phi) is 6.35. The first-order valence-corrected chi connectivity index (χ1v) is 8.36. The van der Waals surface area contributed by atoms with Gasteiger partial charge in [-0.25, -0.2) is 0 Å². The number of nitrogens with two attached hydrogens (primary N) is 1. The molecule has 0 fully saturated rings. The molecule has 0 aromatic heterocycles. The highest BCUT2D eigenvalue weighted by molar-refractivity contribution is 9.10. The molecule has 1 rings (SSSR count). The summed E-state index contributed by atoms with van der Waals surface area (Å²) in [6.07, 6.45) is 0.576. The van der Waals surface area contributed by atoms with E-state index in [2.05, 4.69) is 20.7 Å². The molecule has 0 aliphatic rings. The number of nitrogens with one attached hydrogen (secondary N) is 1. The van der Waals surface area contributed by atoms with Crippen molar-refractivity contribution in [1.82, 2.24) is 4.31 Å². The van der Waals surface area contributed by atoms with E-state index in [0.717, 1.165) is 0 Å². The monoisotopic (exact) mass is 389 g/mol. The standard InChI is InChI=1S/C10H14BrCl2N3O2S/c1-16(6-2-5-14)19(17,18)15-8-4-3-7(11)9(12)10(8)13/h3-4,15H,2,5-6,14H2,1H3. The summed E-state index contributed by atoms with van der Waals surface area (Å²) >= 11 is 15.1. The van der Waals surface area contributed by atoms with Crippen molar-refractivity contribution in [2.24, 2.45) is 5.73 Å². The molecular formula is C10H14BrCl2N3O2S. The normalized spacial score (nSPS) is 11.9. The predicted molar refractivity (Wildman–Crippen MR) is 83.0 cm³/mol. The van der Waals surface area contributed by atoms with Crippen LogP contribution in [0.3, 0.4) is 0 Å². The van der Waals surface area contributed by atoms with Crippen molar-refractivity contribution in [1.29, 1.82) is 0 Å². The maximum atomic E-state index is 12.0. The van der Waals surface area contributed by atoms with Crippen molar-refractivity contribution in [2.45, 2.75) is 6.42 Å². The Morgan fingerprint density at radius 1 is 1.37 bits per heavy atom. The van der Waals surface area contributed by atoms with E-state index >= 15 is 0 Å². The highest BCUT2D eigenvalue weighted by atomic mass is 79.9. The van der Waals surface area contributed by atoms with E-state index < -0.39 is 10.2 Å². The van der Waals surface area contributed by atoms with Gasteiger partial charge in [0.05, 0.1) is 15.7 Å². The van der Waals surface area contributed by atoms with E-state index in [-0.39, 0.29) is 15.7 Å². The first-order valence-electron chi connectivity index (χ1n) is 5.37. The molecule has 0 bridgehead atoms. The molecule has 3 N–H and O–H groups in total. The summed E-state index contributed by atoms with van der Waals surface area (Å²) in [6, 6.07) is 3.15. The fourth-order valence-corrected chi connectivity index (χ4v) is 3.11. The lowest BCUT2D eigenvalue weighted by molar-refractivity contribution is 0.468. The van der Waals surface area contributed by atoms with E-state index in [0.29, 0.717) is 24.0 Å². The van der Waals surface area contributed by atoms with Gasteiger partial charge in [-0.05, 0) is 41.0 Å². The van der Waals surface area contributed by atoms with Gasteiger partial charge in [-0.2, -0.15) is 12.7 Å². The van der Waals surface area contributed by atoms with E-state index in [1.165, 1.54) is 17.4 Å². The SMILES string of the molecule is CN(CCCN)S(=O)(=O)Nc1ccc(Br)c(Cl)c1Cl. The summed E-state index contributed by atoms with van der Waals surface area (Å²) in [5.41, 5.74) is 5.58. The van der Waals surface area contributed by atoms with Gasteiger partial charge >= 0.3 is 10.2 Å². The molecule has 0 unspecified atom stereocenters. The number of hydrogen-bond donors (Lipinski definition) is 2. The maximum absolute atomic E-state index is 12.0. The lowest BCUT2D eigenvalue weighted by atomic mass is 10.3. The lowest BCUT2D eigenvalue weighted by Gasteiger charge is -2.18. The van der Waals surface area contributed by atoms with E-state index in [4.69, 9.17) is 28.9 Å². The summed E-state index contributed by atoms with van der Waals surface area (Å²) in [5.74, 6) is 0. The highest BCUT2D eigenvalue weighted by Gasteiger charge is 2.19. The minimum absolute atomic E-state index is 0.145. The smallest absolute Gasteiger partial charge is 0.301 e. The molecule has 0 saturated carbocycles. The largest absolute Gasteiger partial charge is 0.330 e. The maximum Gasteiger partial charge on any atom is 0.301 e. The summed E-state index contributed by atoms with van der Waals surface area (Å²) in [4.78, 5) is 0. The van der Waals surface area contributed by atoms with Crippen LogP contribution >= 0.6 is 39.1 Å². The molecular weight excluding hydrogens is 377 g/mol. The van der Waals surface area contributed by atoms with Gasteiger partial charge in [-0.1, -0.05) is 23.2 Å². The molecule has 0 spiro atoms. The molecule has 108 valence electrons. The Balaban J connectivity index is 2.93. The van der Waals surface area contributed by atoms with Crippen LogP contribution in [0.15, 0.2) is 16.6 Å². The third kappa shape index (κ3) is 4.47. The van der Waals surface area contributed by atoms with Crippen LogP contribution < -0.4 is 10.5 Å². The molecule has 0 aliphatic carbocycles. The van der Waals surface area contributed by atoms with E-state index in [1.807, 2.05) is 0 Å². The van der Waals surface area contributed by atoms with Crippen LogP contribution in [0.2, 0.25) is 10.0 Å². The number of nitrogens with zero attached hydrogens (tertiary/aromatic N) is 1. The molecule has 0 saturated heterocycles. The van der Waals surface area contributed by atoms with Crippen LogP contribution in [0.1, 0.15) is 6.42 Å². The topological polar surface area (TPSA) is 75.4 Å². The second-order valence-electron chi connectivity index (χ2n) is 3.79. The van der Waals surface area contributed by atoms with Gasteiger partial charge in [-0.3, -0.25) is 4.72 Å². The average Bonchev–Trinajstić information content (AvgIpc) is 2.36. The van der Waals surface area contributed by atoms with E-state index in [9.17, 15) is 8.42 Å². The van der Waals surface area contributed by atoms with Crippen molar-refractivity contribution in [2.75, 3.05) is 24.9 Å². The Bertz CT molecular complexity index is 554. The van der Waals surface area contributed by atoms with Gasteiger partial charge in [-0.15, -0.1) is 0 Å². The van der Waals surface area contributed by atoms with Gasteiger partial charge in [0.1, 0.15) is 0 Å². The number of hydrogen-bond acceptors (Lipinski definition) is 3.